The summed E-state index contributed by atoms with van der Waals surface area (Å²) in [5.74, 6) is 1.04. The molecule has 1 aliphatic rings. The van der Waals surface area contributed by atoms with E-state index in [1.165, 1.54) is 0 Å². The number of nitrogens with one attached hydrogen (secondary N) is 1. The van der Waals surface area contributed by atoms with Gasteiger partial charge in [-0.05, 0) is 18.1 Å². The van der Waals surface area contributed by atoms with Crippen LogP contribution in [0.2, 0.25) is 0 Å². The van der Waals surface area contributed by atoms with Gasteiger partial charge in [0.2, 0.25) is 0 Å². The summed E-state index contributed by atoms with van der Waals surface area (Å²) >= 11 is 0. The molecule has 0 bridgehead atoms. The third kappa shape index (κ3) is 6.58. The van der Waals surface area contributed by atoms with Crippen molar-refractivity contribution in [1.29, 1.82) is 0 Å². The second-order valence-corrected chi connectivity index (χ2v) is 6.59. The van der Waals surface area contributed by atoms with Crippen LogP contribution < -0.4 is 10.1 Å². The summed E-state index contributed by atoms with van der Waals surface area (Å²) in [7, 11) is 0. The molecule has 0 spiro atoms. The van der Waals surface area contributed by atoms with Crippen LogP contribution in [0.1, 0.15) is 36.9 Å². The van der Waals surface area contributed by atoms with Gasteiger partial charge in [0.05, 0.1) is 0 Å². The third-order valence-corrected chi connectivity index (χ3v) is 4.76. The Balaban J connectivity index is 0.00000182. The topological polar surface area (TPSA) is 44.7 Å². The van der Waals surface area contributed by atoms with Gasteiger partial charge < -0.3 is 15.2 Å². The lowest BCUT2D eigenvalue weighted by molar-refractivity contribution is 0.162. The van der Waals surface area contributed by atoms with Gasteiger partial charge in [-0.15, -0.1) is 24.8 Å². The van der Waals surface area contributed by atoms with Crippen molar-refractivity contribution < 1.29 is 9.84 Å². The molecule has 6 heteroatoms. The van der Waals surface area contributed by atoms with Crippen LogP contribution in [-0.2, 0) is 6.61 Å². The molecule has 0 saturated carbocycles. The number of rotatable bonds is 7. The Labute approximate surface area is 174 Å². The summed E-state index contributed by atoms with van der Waals surface area (Å²) in [6.45, 7) is 6.78. The molecule has 27 heavy (non-hydrogen) atoms. The van der Waals surface area contributed by atoms with Gasteiger partial charge in [-0.1, -0.05) is 49.7 Å². The highest BCUT2D eigenvalue weighted by molar-refractivity contribution is 5.85. The first-order valence-corrected chi connectivity index (χ1v) is 9.22. The molecule has 1 atom stereocenters. The summed E-state index contributed by atoms with van der Waals surface area (Å²) < 4.78 is 5.83. The number of nitrogens with zero attached hydrogens (tertiary/aromatic N) is 1. The van der Waals surface area contributed by atoms with Gasteiger partial charge in [0.25, 0.3) is 0 Å². The molecule has 1 saturated heterocycles. The largest absolute Gasteiger partial charge is 0.507 e. The fourth-order valence-corrected chi connectivity index (χ4v) is 3.44. The number of phenols is 1. The van der Waals surface area contributed by atoms with Crippen LogP contribution in [-0.4, -0.2) is 36.2 Å². The van der Waals surface area contributed by atoms with Crippen molar-refractivity contribution in [3.8, 4) is 11.5 Å². The van der Waals surface area contributed by atoms with Crippen molar-refractivity contribution in [3.63, 3.8) is 0 Å². The molecule has 3 rings (SSSR count). The van der Waals surface area contributed by atoms with Gasteiger partial charge in [-0.3, -0.25) is 4.90 Å². The average Bonchev–Trinajstić information content (AvgIpc) is 2.66. The predicted octanol–water partition coefficient (Wildman–Crippen LogP) is 4.56. The van der Waals surface area contributed by atoms with Crippen molar-refractivity contribution >= 4 is 24.8 Å². The van der Waals surface area contributed by atoms with Crippen molar-refractivity contribution in [2.45, 2.75) is 32.4 Å². The maximum atomic E-state index is 10.6. The molecule has 2 N–H and O–H groups in total. The summed E-state index contributed by atoms with van der Waals surface area (Å²) in [5, 5.41) is 14.0. The van der Waals surface area contributed by atoms with Crippen LogP contribution in [0, 0.1) is 0 Å². The zero-order valence-corrected chi connectivity index (χ0v) is 17.4. The van der Waals surface area contributed by atoms with Crippen LogP contribution >= 0.6 is 24.8 Å². The summed E-state index contributed by atoms with van der Waals surface area (Å²) in [5.41, 5.74) is 2.13. The van der Waals surface area contributed by atoms with E-state index in [1.807, 2.05) is 42.5 Å². The summed E-state index contributed by atoms with van der Waals surface area (Å²) in [6.07, 6.45) is 2.15. The molecule has 1 aliphatic heterocycles. The number of ether oxygens (including phenoxy) is 1. The standard InChI is InChI=1S/C21H28N2O2.2ClH/c1-2-6-20(23-13-11-22-12-14-23)19-10-9-18(15-21(19)24)25-16-17-7-4-3-5-8-17;;/h3-5,7-10,15,20,22,24H,2,6,11-14,16H2,1H3;2*1H/t20-;;/m1../s1. The molecular weight excluding hydrogens is 383 g/mol. The molecule has 0 unspecified atom stereocenters. The van der Waals surface area contributed by atoms with E-state index >= 15 is 0 Å². The third-order valence-electron chi connectivity index (χ3n) is 4.76. The number of piperazine rings is 1. The van der Waals surface area contributed by atoms with E-state index in [4.69, 9.17) is 4.74 Å². The number of aromatic hydroxyl groups is 1. The zero-order chi connectivity index (χ0) is 17.5. The average molecular weight is 413 g/mol. The van der Waals surface area contributed by atoms with E-state index in [-0.39, 0.29) is 30.9 Å². The van der Waals surface area contributed by atoms with Gasteiger partial charge in [0, 0.05) is 43.9 Å². The maximum Gasteiger partial charge on any atom is 0.124 e. The number of halogens is 2. The Bertz CT molecular complexity index is 664. The normalized spacial score (nSPS) is 15.3. The molecule has 0 radical (unpaired) electrons. The lowest BCUT2D eigenvalue weighted by Crippen LogP contribution is -2.45. The Morgan fingerprint density at radius 3 is 2.41 bits per heavy atom. The fraction of sp³-hybridized carbons (Fsp3) is 0.429. The van der Waals surface area contributed by atoms with Crippen molar-refractivity contribution in [2.24, 2.45) is 0 Å². The molecule has 1 heterocycles. The van der Waals surface area contributed by atoms with Gasteiger partial charge >= 0.3 is 0 Å². The van der Waals surface area contributed by atoms with Crippen molar-refractivity contribution in [2.75, 3.05) is 26.2 Å². The summed E-state index contributed by atoms with van der Waals surface area (Å²) in [6, 6.07) is 16.1. The second-order valence-electron chi connectivity index (χ2n) is 6.59. The molecule has 0 amide bonds. The van der Waals surface area contributed by atoms with Gasteiger partial charge in [-0.2, -0.15) is 0 Å². The fourth-order valence-electron chi connectivity index (χ4n) is 3.44. The smallest absolute Gasteiger partial charge is 0.124 e. The highest BCUT2D eigenvalue weighted by atomic mass is 35.5. The highest BCUT2D eigenvalue weighted by Crippen LogP contribution is 2.35. The van der Waals surface area contributed by atoms with Crippen LogP contribution in [0.4, 0.5) is 0 Å². The molecule has 1 fully saturated rings. The molecule has 0 aromatic heterocycles. The van der Waals surface area contributed by atoms with Gasteiger partial charge in [0.1, 0.15) is 18.1 Å². The molecule has 2 aromatic rings. The van der Waals surface area contributed by atoms with Gasteiger partial charge in [-0.25, -0.2) is 0 Å². The van der Waals surface area contributed by atoms with Crippen LogP contribution in [0.15, 0.2) is 48.5 Å². The van der Waals surface area contributed by atoms with E-state index in [9.17, 15) is 5.11 Å². The van der Waals surface area contributed by atoms with Crippen LogP contribution in [0.25, 0.3) is 0 Å². The predicted molar refractivity (Wildman–Crippen MR) is 115 cm³/mol. The highest BCUT2D eigenvalue weighted by Gasteiger charge is 2.23. The van der Waals surface area contributed by atoms with Crippen molar-refractivity contribution in [1.82, 2.24) is 10.2 Å². The second kappa shape index (κ2) is 12.1. The number of phenolic OH excluding ortho intramolecular Hbond substituents is 1. The number of hydrogen-bond donors (Lipinski definition) is 2. The Kier molecular flexibility index (Phi) is 10.6. The Hall–Kier alpha value is -1.46. The first-order chi connectivity index (χ1) is 12.3. The first-order valence-electron chi connectivity index (χ1n) is 9.22. The van der Waals surface area contributed by atoms with Gasteiger partial charge in [0.15, 0.2) is 0 Å². The minimum Gasteiger partial charge on any atom is -0.507 e. The van der Waals surface area contributed by atoms with E-state index in [2.05, 4.69) is 17.1 Å². The first kappa shape index (κ1) is 23.6. The number of benzene rings is 2. The van der Waals surface area contributed by atoms with E-state index in [0.29, 0.717) is 18.1 Å². The van der Waals surface area contributed by atoms with Crippen LogP contribution in [0.5, 0.6) is 11.5 Å². The molecule has 150 valence electrons. The lowest BCUT2D eigenvalue weighted by atomic mass is 9.98. The summed E-state index contributed by atoms with van der Waals surface area (Å²) in [4.78, 5) is 2.47. The number of hydrogen-bond acceptors (Lipinski definition) is 4. The molecule has 2 aromatic carbocycles. The minimum absolute atomic E-state index is 0. The van der Waals surface area contributed by atoms with Crippen molar-refractivity contribution in [3.05, 3.63) is 59.7 Å². The Morgan fingerprint density at radius 2 is 1.78 bits per heavy atom. The van der Waals surface area contributed by atoms with E-state index in [1.54, 1.807) is 6.07 Å². The molecular formula is C21H30Cl2N2O2. The molecule has 4 nitrogen and oxygen atoms in total. The quantitative estimate of drug-likeness (QED) is 0.699. The zero-order valence-electron chi connectivity index (χ0n) is 15.8. The van der Waals surface area contributed by atoms with E-state index in [0.717, 1.165) is 50.1 Å². The monoisotopic (exact) mass is 412 g/mol. The molecule has 0 aliphatic carbocycles. The Morgan fingerprint density at radius 1 is 1.07 bits per heavy atom. The maximum absolute atomic E-state index is 10.6. The lowest BCUT2D eigenvalue weighted by Gasteiger charge is -2.35. The van der Waals surface area contributed by atoms with Crippen LogP contribution in [0.3, 0.4) is 0 Å². The van der Waals surface area contributed by atoms with E-state index < -0.39 is 0 Å². The minimum atomic E-state index is 0. The SMILES string of the molecule is CCC[C@H](c1ccc(OCc2ccccc2)cc1O)N1CCNCC1.Cl.Cl.